The Balaban J connectivity index is 1.56. The average Bonchev–Trinajstić information content (AvgIpc) is 3.00. The second-order valence-corrected chi connectivity index (χ2v) is 4.82. The van der Waals surface area contributed by atoms with Crippen LogP contribution in [0.25, 0.3) is 0 Å². The van der Waals surface area contributed by atoms with Crippen LogP contribution in [0.5, 0.6) is 11.5 Å². The van der Waals surface area contributed by atoms with E-state index in [-0.39, 0.29) is 6.79 Å². The molecule has 2 aromatic carbocycles. The molecule has 0 atom stereocenters. The van der Waals surface area contributed by atoms with Crippen molar-refractivity contribution in [3.05, 3.63) is 53.6 Å². The predicted molar refractivity (Wildman–Crippen MR) is 77.8 cm³/mol. The van der Waals surface area contributed by atoms with Gasteiger partial charge in [0.2, 0.25) is 6.79 Å². The number of anilines is 1. The number of esters is 1. The maximum atomic E-state index is 13.4. The highest BCUT2D eigenvalue weighted by Gasteiger charge is 2.17. The van der Waals surface area contributed by atoms with Crippen LogP contribution in [0.1, 0.15) is 10.4 Å². The van der Waals surface area contributed by atoms with E-state index in [2.05, 4.69) is 5.32 Å². The largest absolute Gasteiger partial charge is 0.454 e. The van der Waals surface area contributed by atoms with Crippen LogP contribution in [0.15, 0.2) is 36.4 Å². The lowest BCUT2D eigenvalue weighted by Crippen LogP contribution is -2.21. The summed E-state index contributed by atoms with van der Waals surface area (Å²) in [4.78, 5) is 23.5. The Morgan fingerprint density at radius 1 is 1.08 bits per heavy atom. The minimum Gasteiger partial charge on any atom is -0.454 e. The molecule has 1 amide bonds. The fourth-order valence-corrected chi connectivity index (χ4v) is 2.04. The van der Waals surface area contributed by atoms with E-state index in [1.165, 1.54) is 0 Å². The molecule has 0 spiro atoms. The van der Waals surface area contributed by atoms with E-state index in [4.69, 9.17) is 14.2 Å². The molecular weight excluding hydrogens is 324 g/mol. The molecule has 0 fully saturated rings. The highest BCUT2D eigenvalue weighted by molar-refractivity contribution is 5.95. The molecule has 8 heteroatoms. The van der Waals surface area contributed by atoms with Gasteiger partial charge in [0, 0.05) is 17.8 Å². The van der Waals surface area contributed by atoms with Gasteiger partial charge in [-0.15, -0.1) is 0 Å². The van der Waals surface area contributed by atoms with Gasteiger partial charge in [-0.1, -0.05) is 0 Å². The second kappa shape index (κ2) is 6.53. The molecule has 0 unspecified atom stereocenters. The van der Waals surface area contributed by atoms with Gasteiger partial charge in [-0.3, -0.25) is 4.79 Å². The van der Waals surface area contributed by atoms with Gasteiger partial charge < -0.3 is 19.5 Å². The SMILES string of the molecule is O=C(COC(=O)c1ccc(F)cc1F)Nc1ccc2c(c1)OCO2. The summed E-state index contributed by atoms with van der Waals surface area (Å²) in [6.07, 6.45) is 0. The quantitative estimate of drug-likeness (QED) is 0.869. The van der Waals surface area contributed by atoms with Crippen molar-refractivity contribution >= 4 is 17.6 Å². The van der Waals surface area contributed by atoms with Gasteiger partial charge in [0.1, 0.15) is 11.6 Å². The van der Waals surface area contributed by atoms with Crippen molar-refractivity contribution in [3.63, 3.8) is 0 Å². The van der Waals surface area contributed by atoms with Crippen molar-refractivity contribution in [1.29, 1.82) is 0 Å². The first-order valence-electron chi connectivity index (χ1n) is 6.84. The van der Waals surface area contributed by atoms with Crippen molar-refractivity contribution < 1.29 is 32.6 Å². The predicted octanol–water partition coefficient (Wildman–Crippen LogP) is 2.49. The Kier molecular flexibility index (Phi) is 4.28. The molecule has 0 aromatic heterocycles. The molecule has 1 N–H and O–H groups in total. The number of nitrogens with one attached hydrogen (secondary N) is 1. The lowest BCUT2D eigenvalue weighted by molar-refractivity contribution is -0.119. The molecule has 24 heavy (non-hydrogen) atoms. The number of amides is 1. The fraction of sp³-hybridized carbons (Fsp3) is 0.125. The Labute approximate surface area is 134 Å². The molecule has 0 radical (unpaired) electrons. The first kappa shape index (κ1) is 15.7. The minimum atomic E-state index is -1.06. The van der Waals surface area contributed by atoms with Crippen molar-refractivity contribution in [2.24, 2.45) is 0 Å². The van der Waals surface area contributed by atoms with Crippen LogP contribution in [0.2, 0.25) is 0 Å². The molecule has 0 saturated heterocycles. The summed E-state index contributed by atoms with van der Waals surface area (Å²) >= 11 is 0. The molecule has 2 aromatic rings. The van der Waals surface area contributed by atoms with Gasteiger partial charge in [-0.05, 0) is 24.3 Å². The van der Waals surface area contributed by atoms with E-state index < -0.39 is 35.7 Å². The Bertz CT molecular complexity index is 809. The average molecular weight is 335 g/mol. The summed E-state index contributed by atoms with van der Waals surface area (Å²) in [5.74, 6) is -2.51. The number of benzene rings is 2. The van der Waals surface area contributed by atoms with E-state index >= 15 is 0 Å². The number of carbonyl (C=O) groups excluding carboxylic acids is 2. The molecule has 6 nitrogen and oxygen atoms in total. The molecule has 0 saturated carbocycles. The first-order valence-corrected chi connectivity index (χ1v) is 6.84. The van der Waals surface area contributed by atoms with E-state index in [9.17, 15) is 18.4 Å². The smallest absolute Gasteiger partial charge is 0.341 e. The molecule has 1 aliphatic rings. The molecule has 124 valence electrons. The minimum absolute atomic E-state index is 0.105. The molecule has 0 aliphatic carbocycles. The van der Waals surface area contributed by atoms with Crippen LogP contribution in [0.3, 0.4) is 0 Å². The number of carbonyl (C=O) groups is 2. The van der Waals surface area contributed by atoms with Crippen LogP contribution < -0.4 is 14.8 Å². The third-order valence-electron chi connectivity index (χ3n) is 3.14. The normalized spacial score (nSPS) is 11.9. The second-order valence-electron chi connectivity index (χ2n) is 4.82. The molecule has 1 heterocycles. The van der Waals surface area contributed by atoms with Gasteiger partial charge in [0.15, 0.2) is 18.1 Å². The van der Waals surface area contributed by atoms with Crippen molar-refractivity contribution in [2.45, 2.75) is 0 Å². The van der Waals surface area contributed by atoms with Crippen LogP contribution in [-0.2, 0) is 9.53 Å². The summed E-state index contributed by atoms with van der Waals surface area (Å²) in [5.41, 5.74) is -0.0273. The highest BCUT2D eigenvalue weighted by atomic mass is 19.1. The van der Waals surface area contributed by atoms with E-state index in [1.807, 2.05) is 0 Å². The molecular formula is C16H11F2NO5. The summed E-state index contributed by atoms with van der Waals surface area (Å²) in [7, 11) is 0. The number of ether oxygens (including phenoxy) is 3. The summed E-state index contributed by atoms with van der Waals surface area (Å²) < 4.78 is 41.2. The van der Waals surface area contributed by atoms with Gasteiger partial charge in [-0.25, -0.2) is 13.6 Å². The topological polar surface area (TPSA) is 73.9 Å². The van der Waals surface area contributed by atoms with Gasteiger partial charge >= 0.3 is 5.97 Å². The first-order chi connectivity index (χ1) is 11.5. The Morgan fingerprint density at radius 2 is 1.88 bits per heavy atom. The Morgan fingerprint density at radius 3 is 2.67 bits per heavy atom. The molecule has 3 rings (SSSR count). The fourth-order valence-electron chi connectivity index (χ4n) is 2.04. The maximum absolute atomic E-state index is 13.4. The zero-order valence-corrected chi connectivity index (χ0v) is 12.2. The summed E-state index contributed by atoms with van der Waals surface area (Å²) in [6, 6.07) is 7.20. The highest BCUT2D eigenvalue weighted by Crippen LogP contribution is 2.34. The molecule has 1 aliphatic heterocycles. The summed E-state index contributed by atoms with van der Waals surface area (Å²) in [5, 5.41) is 2.50. The van der Waals surface area contributed by atoms with E-state index in [0.29, 0.717) is 23.3 Å². The van der Waals surface area contributed by atoms with Crippen molar-refractivity contribution in [2.75, 3.05) is 18.7 Å². The number of fused-ring (bicyclic) bond motifs is 1. The zero-order valence-electron chi connectivity index (χ0n) is 12.2. The van der Waals surface area contributed by atoms with Crippen molar-refractivity contribution in [3.8, 4) is 11.5 Å². The lowest BCUT2D eigenvalue weighted by Gasteiger charge is -2.08. The number of hydrogen-bond donors (Lipinski definition) is 1. The van der Waals surface area contributed by atoms with E-state index in [1.54, 1.807) is 18.2 Å². The van der Waals surface area contributed by atoms with Gasteiger partial charge in [0.05, 0.1) is 5.56 Å². The number of rotatable bonds is 4. The van der Waals surface area contributed by atoms with Crippen molar-refractivity contribution in [1.82, 2.24) is 0 Å². The van der Waals surface area contributed by atoms with Gasteiger partial charge in [0.25, 0.3) is 5.91 Å². The number of halogens is 2. The van der Waals surface area contributed by atoms with Crippen LogP contribution in [-0.4, -0.2) is 25.3 Å². The van der Waals surface area contributed by atoms with E-state index in [0.717, 1.165) is 12.1 Å². The molecule has 0 bridgehead atoms. The van der Waals surface area contributed by atoms with Gasteiger partial charge in [-0.2, -0.15) is 0 Å². The Hall–Kier alpha value is -3.16. The third-order valence-corrected chi connectivity index (χ3v) is 3.14. The third kappa shape index (κ3) is 3.43. The maximum Gasteiger partial charge on any atom is 0.341 e. The standard InChI is InChI=1S/C16H11F2NO5/c17-9-1-3-11(12(18)5-9)16(21)22-7-15(20)19-10-2-4-13-14(6-10)24-8-23-13/h1-6H,7-8H2,(H,19,20). The lowest BCUT2D eigenvalue weighted by atomic mass is 10.2. The van der Waals surface area contributed by atoms with Crippen LogP contribution in [0.4, 0.5) is 14.5 Å². The monoisotopic (exact) mass is 335 g/mol. The van der Waals surface area contributed by atoms with Crippen LogP contribution >= 0.6 is 0 Å². The zero-order chi connectivity index (χ0) is 17.1. The number of hydrogen-bond acceptors (Lipinski definition) is 5. The van der Waals surface area contributed by atoms with Crippen LogP contribution in [0, 0.1) is 11.6 Å². The summed E-state index contributed by atoms with van der Waals surface area (Å²) in [6.45, 7) is -0.516.